The summed E-state index contributed by atoms with van der Waals surface area (Å²) in [4.78, 5) is 34.5. The van der Waals surface area contributed by atoms with Crippen LogP contribution in [0, 0.1) is 0 Å². The number of anilines is 1. The van der Waals surface area contributed by atoms with E-state index in [1.165, 1.54) is 11.3 Å². The number of carbonyl (C=O) groups is 2. The lowest BCUT2D eigenvalue weighted by molar-refractivity contribution is 0.0520. The standard InChI is InChI=1S/C20H15N3O3S2/c1-2-26-19(25)16-11-28-20(22-16)23-18(24)13-10-15(17-8-5-9-27-17)21-14-7-4-3-6-12(13)14/h3-11H,2H2,1H3,(H,22,23,24). The van der Waals surface area contributed by atoms with E-state index in [4.69, 9.17) is 4.74 Å². The smallest absolute Gasteiger partial charge is 0.357 e. The largest absolute Gasteiger partial charge is 0.461 e. The molecule has 0 fully saturated rings. The number of benzene rings is 1. The first-order chi connectivity index (χ1) is 13.7. The van der Waals surface area contributed by atoms with E-state index in [0.29, 0.717) is 10.7 Å². The molecule has 0 saturated carbocycles. The minimum absolute atomic E-state index is 0.181. The summed E-state index contributed by atoms with van der Waals surface area (Å²) in [5.41, 5.74) is 2.16. The fourth-order valence-corrected chi connectivity index (χ4v) is 4.07. The van der Waals surface area contributed by atoms with E-state index in [9.17, 15) is 9.59 Å². The van der Waals surface area contributed by atoms with Gasteiger partial charge in [0.1, 0.15) is 0 Å². The van der Waals surface area contributed by atoms with E-state index in [1.54, 1.807) is 29.7 Å². The first-order valence-electron chi connectivity index (χ1n) is 8.53. The van der Waals surface area contributed by atoms with Gasteiger partial charge < -0.3 is 4.74 Å². The van der Waals surface area contributed by atoms with Crippen molar-refractivity contribution < 1.29 is 14.3 Å². The van der Waals surface area contributed by atoms with Crippen LogP contribution in [0.2, 0.25) is 0 Å². The third kappa shape index (κ3) is 3.64. The van der Waals surface area contributed by atoms with Crippen molar-refractivity contribution in [1.29, 1.82) is 0 Å². The molecule has 1 aromatic carbocycles. The number of thiophene rings is 1. The number of hydrogen-bond donors (Lipinski definition) is 1. The summed E-state index contributed by atoms with van der Waals surface area (Å²) in [6.45, 7) is 2.00. The predicted molar refractivity (Wildman–Crippen MR) is 111 cm³/mol. The molecular formula is C20H15N3O3S2. The highest BCUT2D eigenvalue weighted by atomic mass is 32.1. The van der Waals surface area contributed by atoms with E-state index in [2.05, 4.69) is 15.3 Å². The van der Waals surface area contributed by atoms with Gasteiger partial charge in [-0.3, -0.25) is 10.1 Å². The maximum absolute atomic E-state index is 13.0. The fraction of sp³-hybridized carbons (Fsp3) is 0.100. The summed E-state index contributed by atoms with van der Waals surface area (Å²) in [5, 5.41) is 7.40. The Hall–Kier alpha value is -3.10. The van der Waals surface area contributed by atoms with E-state index >= 15 is 0 Å². The van der Waals surface area contributed by atoms with Crippen LogP contribution in [-0.4, -0.2) is 28.5 Å². The van der Waals surface area contributed by atoms with Gasteiger partial charge in [-0.2, -0.15) is 0 Å². The minimum Gasteiger partial charge on any atom is -0.461 e. The Balaban J connectivity index is 1.68. The number of thiazole rings is 1. The van der Waals surface area contributed by atoms with Gasteiger partial charge in [0.05, 0.1) is 28.3 Å². The molecule has 6 nitrogen and oxygen atoms in total. The molecule has 0 bridgehead atoms. The van der Waals surface area contributed by atoms with Crippen molar-refractivity contribution in [3.63, 3.8) is 0 Å². The van der Waals surface area contributed by atoms with E-state index in [1.807, 2.05) is 41.8 Å². The summed E-state index contributed by atoms with van der Waals surface area (Å²) in [5.74, 6) is -0.810. The lowest BCUT2D eigenvalue weighted by Crippen LogP contribution is -2.13. The van der Waals surface area contributed by atoms with E-state index in [-0.39, 0.29) is 18.2 Å². The summed E-state index contributed by atoms with van der Waals surface area (Å²) in [6, 6.07) is 13.2. The second-order valence-corrected chi connectivity index (χ2v) is 7.57. The minimum atomic E-state index is -0.506. The number of nitrogens with zero attached hydrogens (tertiary/aromatic N) is 2. The molecule has 0 spiro atoms. The number of esters is 1. The number of carbonyl (C=O) groups excluding carboxylic acids is 2. The lowest BCUT2D eigenvalue weighted by Gasteiger charge is -2.08. The second-order valence-electron chi connectivity index (χ2n) is 5.76. The van der Waals surface area contributed by atoms with Gasteiger partial charge in [0.25, 0.3) is 5.91 Å². The fourth-order valence-electron chi connectivity index (χ4n) is 2.71. The number of amides is 1. The maximum Gasteiger partial charge on any atom is 0.357 e. The zero-order valence-corrected chi connectivity index (χ0v) is 16.5. The van der Waals surface area contributed by atoms with Gasteiger partial charge in [-0.05, 0) is 30.5 Å². The number of aromatic nitrogens is 2. The molecule has 4 rings (SSSR count). The number of pyridine rings is 1. The molecule has 3 heterocycles. The number of ether oxygens (including phenoxy) is 1. The highest BCUT2D eigenvalue weighted by Crippen LogP contribution is 2.28. The zero-order valence-electron chi connectivity index (χ0n) is 14.8. The monoisotopic (exact) mass is 409 g/mol. The van der Waals surface area contributed by atoms with Crippen LogP contribution in [0.4, 0.5) is 5.13 Å². The van der Waals surface area contributed by atoms with E-state index in [0.717, 1.165) is 21.5 Å². The molecule has 0 atom stereocenters. The third-order valence-electron chi connectivity index (χ3n) is 3.94. The predicted octanol–water partition coefficient (Wildman–Crippen LogP) is 4.85. The van der Waals surface area contributed by atoms with Crippen LogP contribution in [0.3, 0.4) is 0 Å². The number of hydrogen-bond acceptors (Lipinski definition) is 7. The van der Waals surface area contributed by atoms with Crippen LogP contribution in [0.5, 0.6) is 0 Å². The van der Waals surface area contributed by atoms with Crippen molar-refractivity contribution in [2.45, 2.75) is 6.92 Å². The average Bonchev–Trinajstić information content (AvgIpc) is 3.39. The Morgan fingerprint density at radius 1 is 1.11 bits per heavy atom. The van der Waals surface area contributed by atoms with Crippen molar-refractivity contribution in [3.05, 3.63) is 64.5 Å². The summed E-state index contributed by atoms with van der Waals surface area (Å²) >= 11 is 2.74. The Bertz CT molecular complexity index is 1150. The SMILES string of the molecule is CCOC(=O)c1csc(NC(=O)c2cc(-c3cccs3)nc3ccccc23)n1. The Morgan fingerprint density at radius 2 is 1.96 bits per heavy atom. The number of fused-ring (bicyclic) bond motifs is 1. The molecule has 1 N–H and O–H groups in total. The topological polar surface area (TPSA) is 81.2 Å². The van der Waals surface area contributed by atoms with Crippen LogP contribution in [0.15, 0.2) is 53.2 Å². The van der Waals surface area contributed by atoms with Crippen LogP contribution in [0.1, 0.15) is 27.8 Å². The van der Waals surface area contributed by atoms with Gasteiger partial charge in [0, 0.05) is 10.8 Å². The van der Waals surface area contributed by atoms with Crippen LogP contribution in [0.25, 0.3) is 21.5 Å². The molecule has 0 unspecified atom stereocenters. The molecule has 0 aliphatic rings. The average molecular weight is 409 g/mol. The highest BCUT2D eigenvalue weighted by Gasteiger charge is 2.17. The first-order valence-corrected chi connectivity index (χ1v) is 10.3. The molecule has 140 valence electrons. The quantitative estimate of drug-likeness (QED) is 0.477. The molecule has 0 saturated heterocycles. The van der Waals surface area contributed by atoms with Gasteiger partial charge in [0.2, 0.25) is 0 Å². The maximum atomic E-state index is 13.0. The molecule has 0 radical (unpaired) electrons. The summed E-state index contributed by atoms with van der Waals surface area (Å²) in [6.07, 6.45) is 0. The van der Waals surface area contributed by atoms with Crippen LogP contribution >= 0.6 is 22.7 Å². The molecule has 4 aromatic rings. The van der Waals surface area contributed by atoms with Crippen molar-refractivity contribution in [2.75, 3.05) is 11.9 Å². The molecule has 0 aliphatic heterocycles. The van der Waals surface area contributed by atoms with Crippen molar-refractivity contribution in [3.8, 4) is 10.6 Å². The van der Waals surface area contributed by atoms with Crippen molar-refractivity contribution in [2.24, 2.45) is 0 Å². The molecule has 28 heavy (non-hydrogen) atoms. The summed E-state index contributed by atoms with van der Waals surface area (Å²) < 4.78 is 4.93. The van der Waals surface area contributed by atoms with Gasteiger partial charge in [-0.25, -0.2) is 14.8 Å². The third-order valence-corrected chi connectivity index (χ3v) is 5.59. The number of para-hydroxylation sites is 1. The lowest BCUT2D eigenvalue weighted by atomic mass is 10.1. The van der Waals surface area contributed by atoms with Crippen LogP contribution in [-0.2, 0) is 4.74 Å². The van der Waals surface area contributed by atoms with Crippen molar-refractivity contribution >= 4 is 50.6 Å². The number of nitrogens with one attached hydrogen (secondary N) is 1. The number of rotatable bonds is 5. The van der Waals surface area contributed by atoms with E-state index < -0.39 is 5.97 Å². The Labute approximate surface area is 168 Å². The van der Waals surface area contributed by atoms with Crippen molar-refractivity contribution in [1.82, 2.24) is 9.97 Å². The van der Waals surface area contributed by atoms with Gasteiger partial charge in [0.15, 0.2) is 10.8 Å². The molecule has 8 heteroatoms. The zero-order chi connectivity index (χ0) is 19.5. The molecule has 0 aliphatic carbocycles. The highest BCUT2D eigenvalue weighted by molar-refractivity contribution is 7.14. The normalized spacial score (nSPS) is 10.8. The van der Waals surface area contributed by atoms with Gasteiger partial charge in [-0.1, -0.05) is 24.3 Å². The summed E-state index contributed by atoms with van der Waals surface area (Å²) in [7, 11) is 0. The van der Waals surface area contributed by atoms with Gasteiger partial charge in [-0.15, -0.1) is 22.7 Å². The Morgan fingerprint density at radius 3 is 2.75 bits per heavy atom. The molecule has 3 aromatic heterocycles. The van der Waals surface area contributed by atoms with Crippen LogP contribution < -0.4 is 5.32 Å². The first kappa shape index (κ1) is 18.3. The second kappa shape index (κ2) is 7.87. The van der Waals surface area contributed by atoms with Gasteiger partial charge >= 0.3 is 5.97 Å². The molecule has 1 amide bonds. The molecular weight excluding hydrogens is 394 g/mol. The Kier molecular flexibility index (Phi) is 5.14.